The summed E-state index contributed by atoms with van der Waals surface area (Å²) in [6.45, 7) is 0.191. The number of hydrogen-bond acceptors (Lipinski definition) is 4. The molecular weight excluding hydrogens is 270 g/mol. The van der Waals surface area contributed by atoms with Crippen LogP contribution in [0.2, 0.25) is 0 Å². The second-order valence-corrected chi connectivity index (χ2v) is 7.54. The Morgan fingerprint density at radius 3 is 2.05 bits per heavy atom. The number of hydrogen-bond donors (Lipinski definition) is 1. The van der Waals surface area contributed by atoms with Crippen LogP contribution in [-0.2, 0) is 19.4 Å². The van der Waals surface area contributed by atoms with Crippen molar-refractivity contribution in [3.8, 4) is 0 Å². The second kappa shape index (κ2) is 6.36. The molecule has 0 unspecified atom stereocenters. The van der Waals surface area contributed by atoms with Gasteiger partial charge in [0, 0.05) is 25.8 Å². The average Bonchev–Trinajstić information content (AvgIpc) is 2.34. The standard InChI is InChI=1S/C12H21NO5S/c1-13(7-8-19(2,17)18)11(14)9-3-5-10(6-4-9)12(15)16/h9-10H,3-8H2,1-2H3,(H,15,16). The first-order valence-corrected chi connectivity index (χ1v) is 8.42. The molecule has 19 heavy (non-hydrogen) atoms. The molecule has 7 heteroatoms. The molecule has 1 N–H and O–H groups in total. The Balaban J connectivity index is 2.44. The van der Waals surface area contributed by atoms with E-state index in [0.29, 0.717) is 25.7 Å². The lowest BCUT2D eigenvalue weighted by molar-refractivity contribution is -0.145. The lowest BCUT2D eigenvalue weighted by atomic mass is 9.81. The quantitative estimate of drug-likeness (QED) is 0.790. The number of carboxylic acids is 1. The monoisotopic (exact) mass is 291 g/mol. The molecule has 0 aromatic heterocycles. The van der Waals surface area contributed by atoms with Crippen molar-refractivity contribution in [2.45, 2.75) is 25.7 Å². The number of carboxylic acid groups (broad SMARTS) is 1. The number of carbonyl (C=O) groups excluding carboxylic acids is 1. The van der Waals surface area contributed by atoms with Gasteiger partial charge in [0.15, 0.2) is 0 Å². The molecular formula is C12H21NO5S. The van der Waals surface area contributed by atoms with E-state index in [1.807, 2.05) is 0 Å². The van der Waals surface area contributed by atoms with E-state index in [1.54, 1.807) is 7.05 Å². The van der Waals surface area contributed by atoms with Gasteiger partial charge in [0.2, 0.25) is 5.91 Å². The Bertz CT molecular complexity index is 437. The lowest BCUT2D eigenvalue weighted by Gasteiger charge is -2.28. The summed E-state index contributed by atoms with van der Waals surface area (Å²) in [5.41, 5.74) is 0. The molecule has 0 radical (unpaired) electrons. The van der Waals surface area contributed by atoms with E-state index in [9.17, 15) is 18.0 Å². The van der Waals surface area contributed by atoms with Gasteiger partial charge in [0.1, 0.15) is 9.84 Å². The van der Waals surface area contributed by atoms with Gasteiger partial charge < -0.3 is 10.0 Å². The predicted molar refractivity (Wildman–Crippen MR) is 70.4 cm³/mol. The van der Waals surface area contributed by atoms with Gasteiger partial charge in [-0.25, -0.2) is 8.42 Å². The Morgan fingerprint density at radius 1 is 1.16 bits per heavy atom. The highest BCUT2D eigenvalue weighted by Gasteiger charge is 2.31. The summed E-state index contributed by atoms with van der Waals surface area (Å²) in [5, 5.41) is 8.88. The van der Waals surface area contributed by atoms with Crippen molar-refractivity contribution in [2.75, 3.05) is 25.6 Å². The van der Waals surface area contributed by atoms with Crippen molar-refractivity contribution in [1.29, 1.82) is 0 Å². The van der Waals surface area contributed by atoms with Crippen LogP contribution in [0.3, 0.4) is 0 Å². The Labute approximate surface area is 113 Å². The topological polar surface area (TPSA) is 91.8 Å². The van der Waals surface area contributed by atoms with Crippen LogP contribution in [0, 0.1) is 11.8 Å². The van der Waals surface area contributed by atoms with Crippen molar-refractivity contribution >= 4 is 21.7 Å². The highest BCUT2D eigenvalue weighted by molar-refractivity contribution is 7.90. The van der Waals surface area contributed by atoms with Crippen LogP contribution < -0.4 is 0 Å². The Kier molecular flexibility index (Phi) is 5.34. The fourth-order valence-electron chi connectivity index (χ4n) is 2.31. The van der Waals surface area contributed by atoms with Gasteiger partial charge in [-0.2, -0.15) is 0 Å². The van der Waals surface area contributed by atoms with Gasteiger partial charge in [0.25, 0.3) is 0 Å². The first-order valence-electron chi connectivity index (χ1n) is 6.36. The van der Waals surface area contributed by atoms with E-state index in [-0.39, 0.29) is 30.0 Å². The minimum atomic E-state index is -3.08. The molecule has 1 rings (SSSR count). The number of nitrogens with zero attached hydrogens (tertiary/aromatic N) is 1. The summed E-state index contributed by atoms with van der Waals surface area (Å²) >= 11 is 0. The molecule has 0 aliphatic heterocycles. The maximum atomic E-state index is 12.1. The molecule has 0 saturated heterocycles. The average molecular weight is 291 g/mol. The van der Waals surface area contributed by atoms with E-state index < -0.39 is 15.8 Å². The molecule has 0 spiro atoms. The Hall–Kier alpha value is -1.11. The second-order valence-electron chi connectivity index (χ2n) is 5.28. The molecule has 6 nitrogen and oxygen atoms in total. The maximum absolute atomic E-state index is 12.1. The fraction of sp³-hybridized carbons (Fsp3) is 0.833. The van der Waals surface area contributed by atoms with Crippen molar-refractivity contribution in [3.05, 3.63) is 0 Å². The molecule has 1 aliphatic carbocycles. The summed E-state index contributed by atoms with van der Waals surface area (Å²) in [6, 6.07) is 0. The van der Waals surface area contributed by atoms with Crippen LogP contribution in [0.15, 0.2) is 0 Å². The van der Waals surface area contributed by atoms with Crippen LogP contribution in [0.1, 0.15) is 25.7 Å². The fourth-order valence-corrected chi connectivity index (χ4v) is 2.92. The molecule has 0 bridgehead atoms. The van der Waals surface area contributed by atoms with E-state index in [1.165, 1.54) is 4.90 Å². The summed E-state index contributed by atoms with van der Waals surface area (Å²) in [7, 11) is -1.48. The molecule has 1 aliphatic rings. The molecule has 0 heterocycles. The summed E-state index contributed by atoms with van der Waals surface area (Å²) in [5.74, 6) is -1.42. The molecule has 0 atom stereocenters. The summed E-state index contributed by atoms with van der Waals surface area (Å²) in [6.07, 6.45) is 3.32. The third-order valence-corrected chi connectivity index (χ3v) is 4.52. The van der Waals surface area contributed by atoms with Gasteiger partial charge in [-0.05, 0) is 25.7 Å². The van der Waals surface area contributed by atoms with Gasteiger partial charge in [-0.1, -0.05) is 0 Å². The smallest absolute Gasteiger partial charge is 0.306 e. The van der Waals surface area contributed by atoms with Gasteiger partial charge >= 0.3 is 5.97 Å². The van der Waals surface area contributed by atoms with E-state index in [4.69, 9.17) is 5.11 Å². The van der Waals surface area contributed by atoms with E-state index in [2.05, 4.69) is 0 Å². The normalized spacial score (nSPS) is 23.9. The third kappa shape index (κ3) is 5.18. The van der Waals surface area contributed by atoms with Crippen LogP contribution >= 0.6 is 0 Å². The van der Waals surface area contributed by atoms with Crippen molar-refractivity contribution < 1.29 is 23.1 Å². The zero-order valence-corrected chi connectivity index (χ0v) is 12.1. The summed E-state index contributed by atoms with van der Waals surface area (Å²) in [4.78, 5) is 24.3. The number of aliphatic carboxylic acids is 1. The zero-order valence-electron chi connectivity index (χ0n) is 11.3. The maximum Gasteiger partial charge on any atom is 0.306 e. The van der Waals surface area contributed by atoms with E-state index >= 15 is 0 Å². The highest BCUT2D eigenvalue weighted by atomic mass is 32.2. The zero-order chi connectivity index (χ0) is 14.6. The summed E-state index contributed by atoms with van der Waals surface area (Å²) < 4.78 is 22.1. The number of sulfone groups is 1. The number of carbonyl (C=O) groups is 2. The van der Waals surface area contributed by atoms with Crippen LogP contribution in [0.25, 0.3) is 0 Å². The SMILES string of the molecule is CN(CCS(C)(=O)=O)C(=O)C1CCC(C(=O)O)CC1. The van der Waals surface area contributed by atoms with Gasteiger partial charge in [-0.3, -0.25) is 9.59 Å². The van der Waals surface area contributed by atoms with Crippen LogP contribution in [0.5, 0.6) is 0 Å². The molecule has 0 aromatic carbocycles. The number of rotatable bonds is 5. The molecule has 1 fully saturated rings. The van der Waals surface area contributed by atoms with Crippen molar-refractivity contribution in [2.24, 2.45) is 11.8 Å². The van der Waals surface area contributed by atoms with Crippen LogP contribution in [-0.4, -0.2) is 55.9 Å². The molecule has 1 amide bonds. The molecule has 110 valence electrons. The first kappa shape index (κ1) is 15.9. The lowest BCUT2D eigenvalue weighted by Crippen LogP contribution is -2.38. The third-order valence-electron chi connectivity index (χ3n) is 3.60. The Morgan fingerprint density at radius 2 is 1.63 bits per heavy atom. The largest absolute Gasteiger partial charge is 0.481 e. The van der Waals surface area contributed by atoms with E-state index in [0.717, 1.165) is 6.26 Å². The molecule has 1 saturated carbocycles. The van der Waals surface area contributed by atoms with Gasteiger partial charge in [-0.15, -0.1) is 0 Å². The highest BCUT2D eigenvalue weighted by Crippen LogP contribution is 2.29. The van der Waals surface area contributed by atoms with Crippen molar-refractivity contribution in [3.63, 3.8) is 0 Å². The predicted octanol–water partition coefficient (Wildman–Crippen LogP) is 0.380. The van der Waals surface area contributed by atoms with Crippen LogP contribution in [0.4, 0.5) is 0 Å². The minimum Gasteiger partial charge on any atom is -0.481 e. The van der Waals surface area contributed by atoms with Gasteiger partial charge in [0.05, 0.1) is 11.7 Å². The minimum absolute atomic E-state index is 0.0420. The molecule has 0 aromatic rings. The number of amides is 1. The van der Waals surface area contributed by atoms with Crippen molar-refractivity contribution in [1.82, 2.24) is 4.90 Å². The first-order chi connectivity index (χ1) is 8.70.